The van der Waals surface area contributed by atoms with E-state index in [-0.39, 0.29) is 12.3 Å². The van der Waals surface area contributed by atoms with Gasteiger partial charge >= 0.3 is 0 Å². The molecule has 0 aliphatic carbocycles. The first-order valence-corrected chi connectivity index (χ1v) is 44.6. The van der Waals surface area contributed by atoms with Crippen LogP contribution in [0.25, 0.3) is 0 Å². The predicted molar refractivity (Wildman–Crippen MR) is 431 cm³/mol. The van der Waals surface area contributed by atoms with Gasteiger partial charge in [0, 0.05) is 20.3 Å². The summed E-state index contributed by atoms with van der Waals surface area (Å²) in [5, 5.41) is 208. The first-order chi connectivity index (χ1) is 57.8. The lowest BCUT2D eigenvalue weighted by Crippen LogP contribution is -2.70. The van der Waals surface area contributed by atoms with Gasteiger partial charge in [0.2, 0.25) is 17.7 Å². The van der Waals surface area contributed by atoms with E-state index in [0.29, 0.717) is 12.8 Å². The van der Waals surface area contributed by atoms with Crippen LogP contribution in [-0.2, 0) is 71.2 Å². The summed E-state index contributed by atoms with van der Waals surface area (Å²) in [6, 6.07) is -4.67. The number of hydrogen-bond acceptors (Lipinski definition) is 33. The minimum absolute atomic E-state index is 0.173. The Hall–Kier alpha value is -3.31. The molecule has 0 radical (unpaired) electrons. The number of unbranched alkanes of at least 4 members (excludes halogenated alkanes) is 30. The molecule has 3 amide bonds. The summed E-state index contributed by atoms with van der Waals surface area (Å²) in [5.41, 5.74) is 0. The number of aliphatic hydroxyl groups is 18. The highest BCUT2D eigenvalue weighted by molar-refractivity contribution is 5.76. The molecule has 0 aromatic carbocycles. The second kappa shape index (κ2) is 58.2. The Morgan fingerprint density at radius 1 is 0.325 bits per heavy atom. The van der Waals surface area contributed by atoms with E-state index in [1.54, 1.807) is 6.08 Å². The normalized spacial score (nSPS) is 35.6. The molecule has 6 heterocycles. The molecule has 0 aromatic heterocycles. The Kier molecular flexibility index (Phi) is 51.2. The second-order valence-corrected chi connectivity index (χ2v) is 33.1. The number of aliphatic hydroxyl groups excluding tert-OH is 18. The zero-order chi connectivity index (χ0) is 87.6. The third-order valence-corrected chi connectivity index (χ3v) is 23.4. The van der Waals surface area contributed by atoms with Gasteiger partial charge in [-0.25, -0.2) is 0 Å². The van der Waals surface area contributed by atoms with E-state index in [9.17, 15) is 106 Å². The van der Waals surface area contributed by atoms with Crippen LogP contribution < -0.4 is 16.0 Å². The number of amides is 3. The van der Waals surface area contributed by atoms with E-state index in [4.69, 9.17) is 56.8 Å². The zero-order valence-electron chi connectivity index (χ0n) is 70.9. The van der Waals surface area contributed by atoms with Gasteiger partial charge in [0.15, 0.2) is 37.7 Å². The summed E-state index contributed by atoms with van der Waals surface area (Å²) >= 11 is 0. The number of carbonyl (C=O) groups is 3. The fourth-order valence-corrected chi connectivity index (χ4v) is 16.2. The van der Waals surface area contributed by atoms with Gasteiger partial charge in [-0.15, -0.1) is 0 Å². The highest BCUT2D eigenvalue weighted by Crippen LogP contribution is 2.38. The number of allylic oxidation sites excluding steroid dienone is 3. The molecule has 0 saturated carbocycles. The molecule has 120 heavy (non-hydrogen) atoms. The van der Waals surface area contributed by atoms with Gasteiger partial charge in [-0.05, 0) is 44.9 Å². The second-order valence-electron chi connectivity index (χ2n) is 33.1. The van der Waals surface area contributed by atoms with Gasteiger partial charge < -0.3 is 165 Å². The molecular formula is C84H151N3O33. The van der Waals surface area contributed by atoms with Crippen LogP contribution in [0.5, 0.6) is 0 Å². The Morgan fingerprint density at radius 2 is 0.625 bits per heavy atom. The van der Waals surface area contributed by atoms with Crippen LogP contribution in [-0.4, -0.2) is 352 Å². The molecule has 32 atom stereocenters. The van der Waals surface area contributed by atoms with Gasteiger partial charge in [0.1, 0.15) is 146 Å². The SMILES string of the molecule is CCCCCCCC/C=C\CCCCCCCCCCCCCCCC(=O)N[C@@H](CO[C@@H]1OC(CO)[C@@H](O[C@@H]2OC(CO)[C@H](O)[C@H](O[C@@H]3OC(CO)[C@@H](O[C@@H]4OC(CO)[C@H](O)[C@H](O[C@@H]5OC(CO)[C@@H](O[C@@H]6OC(CO)[C@H](O)[C@H](O)C6O)[C@H](O)C5NC(C)=O)C4O)[C@H](O)C3NC(C)=O)C2O)[C@H](O)C1O)[C@H](O)/C=C/CCCCCCCCCCCCC. The van der Waals surface area contributed by atoms with Crippen LogP contribution in [0.2, 0.25) is 0 Å². The molecule has 6 aliphatic rings. The predicted octanol–water partition coefficient (Wildman–Crippen LogP) is 0.473. The molecule has 0 spiro atoms. The van der Waals surface area contributed by atoms with Crippen molar-refractivity contribution >= 4 is 17.7 Å². The van der Waals surface area contributed by atoms with E-state index in [0.717, 1.165) is 65.2 Å². The summed E-state index contributed by atoms with van der Waals surface area (Å²) in [5.74, 6) is -2.04. The quantitative estimate of drug-likeness (QED) is 0.0291. The van der Waals surface area contributed by atoms with Gasteiger partial charge in [-0.3, -0.25) is 14.4 Å². The lowest BCUT2D eigenvalue weighted by Gasteiger charge is -2.51. The third-order valence-electron chi connectivity index (χ3n) is 23.4. The van der Waals surface area contributed by atoms with Gasteiger partial charge in [-0.2, -0.15) is 0 Å². The van der Waals surface area contributed by atoms with E-state index in [2.05, 4.69) is 41.9 Å². The van der Waals surface area contributed by atoms with E-state index < -0.39 is 254 Å². The Bertz CT molecular complexity index is 2790. The number of nitrogens with one attached hydrogen (secondary N) is 3. The van der Waals surface area contributed by atoms with Gasteiger partial charge in [0.05, 0.1) is 58.4 Å². The smallest absolute Gasteiger partial charge is 0.220 e. The average Bonchev–Trinajstić information content (AvgIpc) is 0.773. The van der Waals surface area contributed by atoms with E-state index in [1.807, 2.05) is 6.08 Å². The lowest BCUT2D eigenvalue weighted by atomic mass is 9.93. The summed E-state index contributed by atoms with van der Waals surface area (Å²) in [6.45, 7) is 0.102. The molecule has 36 heteroatoms. The minimum Gasteiger partial charge on any atom is -0.394 e. The largest absolute Gasteiger partial charge is 0.394 e. The Morgan fingerprint density at radius 3 is 0.992 bits per heavy atom. The lowest BCUT2D eigenvalue weighted by molar-refractivity contribution is -0.387. The van der Waals surface area contributed by atoms with Crippen LogP contribution in [0.3, 0.4) is 0 Å². The Labute approximate surface area is 706 Å². The third kappa shape index (κ3) is 33.7. The first kappa shape index (κ1) is 105. The number of rotatable bonds is 59. The molecule has 0 aromatic rings. The molecule has 6 aliphatic heterocycles. The van der Waals surface area contributed by atoms with Crippen molar-refractivity contribution in [3.63, 3.8) is 0 Å². The minimum atomic E-state index is -2.24. The van der Waals surface area contributed by atoms with Gasteiger partial charge in [-0.1, -0.05) is 205 Å². The zero-order valence-corrected chi connectivity index (χ0v) is 70.9. The van der Waals surface area contributed by atoms with Crippen LogP contribution in [0.15, 0.2) is 24.3 Å². The highest BCUT2D eigenvalue weighted by Gasteiger charge is 2.59. The average molecular weight is 1730 g/mol. The monoisotopic (exact) mass is 1730 g/mol. The fourth-order valence-electron chi connectivity index (χ4n) is 16.2. The molecular weight excluding hydrogens is 1580 g/mol. The Balaban J connectivity index is 1.05. The molecule has 21 N–H and O–H groups in total. The molecule has 6 rings (SSSR count). The van der Waals surface area contributed by atoms with Crippen molar-refractivity contribution in [1.29, 1.82) is 0 Å². The molecule has 12 unspecified atom stereocenters. The van der Waals surface area contributed by atoms with Crippen molar-refractivity contribution < 1.29 is 163 Å². The molecule has 6 saturated heterocycles. The summed E-state index contributed by atoms with van der Waals surface area (Å²) in [7, 11) is 0. The van der Waals surface area contributed by atoms with Gasteiger partial charge in [0.25, 0.3) is 0 Å². The van der Waals surface area contributed by atoms with Crippen molar-refractivity contribution in [2.24, 2.45) is 0 Å². The number of carbonyl (C=O) groups excluding carboxylic acids is 3. The van der Waals surface area contributed by atoms with Crippen LogP contribution in [0.1, 0.15) is 246 Å². The fraction of sp³-hybridized carbons (Fsp3) is 0.917. The van der Waals surface area contributed by atoms with Crippen LogP contribution >= 0.6 is 0 Å². The van der Waals surface area contributed by atoms with Crippen molar-refractivity contribution in [2.75, 3.05) is 46.2 Å². The van der Waals surface area contributed by atoms with Crippen molar-refractivity contribution in [2.45, 2.75) is 442 Å². The number of ether oxygens (including phenoxy) is 12. The summed E-state index contributed by atoms with van der Waals surface area (Å²) in [6.07, 6.45) is -8.16. The molecule has 0 bridgehead atoms. The molecule has 36 nitrogen and oxygen atoms in total. The van der Waals surface area contributed by atoms with Crippen molar-refractivity contribution in [3.8, 4) is 0 Å². The van der Waals surface area contributed by atoms with E-state index in [1.165, 1.54) is 148 Å². The first-order valence-electron chi connectivity index (χ1n) is 44.6. The van der Waals surface area contributed by atoms with Crippen molar-refractivity contribution in [3.05, 3.63) is 24.3 Å². The maximum absolute atomic E-state index is 13.6. The maximum Gasteiger partial charge on any atom is 0.220 e. The topological polar surface area (TPSA) is 562 Å². The summed E-state index contributed by atoms with van der Waals surface area (Å²) in [4.78, 5) is 39.2. The maximum atomic E-state index is 13.6. The standard InChI is InChI=1S/C84H151N3O33/c1-5-7-9-11-13-15-17-19-20-21-22-23-24-25-26-27-28-30-32-34-36-38-40-42-60(97)87-52(53(96)41-39-37-35-33-31-29-18-16-14-12-10-8-6-2)49-109-81-71(106)69(104)76(59(48-93)115-81)118-84-73(108)78(65(100)56(45-90)112-84)120-80-62(86-51(4)95)67(102)75(58(47-92)114-80)117-83-72(107)77(64(99)55(44-89)111-83)119-79-61(85-50(3)94)66(101)74(57(46-91)113-79)116-82-70(105)68(103)63(98)54(43-88)110-82/h19-20,39,41,52-59,61-84,88-93,96,98-108H,5-18,21-38,40,42-49H2,1-4H3,(H,85,94)(H,86,95)(H,87,97)/b20-19-,41-39+/t52-,53+,54?,55?,56?,57?,58?,59?,61?,62?,63-,64-,65-,66+,67+,68-,69+,70?,71?,72?,73?,74+,75+,76+,77-,78-,79-,80-,81+,82-,83-,84-/m0/s1. The molecule has 700 valence electrons. The summed E-state index contributed by atoms with van der Waals surface area (Å²) < 4.78 is 70.9. The number of hydrogen-bond donors (Lipinski definition) is 21. The highest BCUT2D eigenvalue weighted by atomic mass is 16.8. The van der Waals surface area contributed by atoms with Crippen molar-refractivity contribution in [1.82, 2.24) is 16.0 Å². The van der Waals surface area contributed by atoms with Crippen LogP contribution in [0, 0.1) is 0 Å². The van der Waals surface area contributed by atoms with Crippen LogP contribution in [0.4, 0.5) is 0 Å². The molecule has 6 fully saturated rings. The van der Waals surface area contributed by atoms with E-state index >= 15 is 0 Å².